The van der Waals surface area contributed by atoms with Crippen LogP contribution < -0.4 is 5.32 Å². The minimum atomic E-state index is -0.503. The number of fused-ring (bicyclic) bond motifs is 6. The number of aromatic amines is 1. The molecule has 3 aromatic heterocycles. The first-order valence-corrected chi connectivity index (χ1v) is 9.29. The van der Waals surface area contributed by atoms with Gasteiger partial charge < -0.3 is 10.3 Å². The van der Waals surface area contributed by atoms with Gasteiger partial charge >= 0.3 is 0 Å². The van der Waals surface area contributed by atoms with E-state index in [0.717, 1.165) is 71.6 Å². The predicted octanol–water partition coefficient (Wildman–Crippen LogP) is 3.15. The van der Waals surface area contributed by atoms with Crippen LogP contribution in [0.5, 0.6) is 0 Å². The van der Waals surface area contributed by atoms with Gasteiger partial charge in [-0.3, -0.25) is 9.78 Å². The van der Waals surface area contributed by atoms with Crippen LogP contribution in [0, 0.1) is 5.95 Å². The number of carbonyl (C=O) groups is 1. The molecule has 0 bridgehead atoms. The van der Waals surface area contributed by atoms with Gasteiger partial charge in [0.2, 0.25) is 5.95 Å². The van der Waals surface area contributed by atoms with Crippen molar-refractivity contribution in [1.82, 2.24) is 20.3 Å². The Balaban J connectivity index is 1.53. The van der Waals surface area contributed by atoms with E-state index in [2.05, 4.69) is 20.3 Å². The smallest absolute Gasteiger partial charge is 0.253 e. The number of hydrogen-bond acceptors (Lipinski definition) is 3. The lowest BCUT2D eigenvalue weighted by Gasteiger charge is -2.23. The molecule has 0 radical (unpaired) electrons. The Morgan fingerprint density at radius 2 is 2.00 bits per heavy atom. The standard InChI is InChI=1S/C21H17FN4O/c22-16-4-2-12(9-24-16)15-7-14-11(8-23-15)1-3-13-17-19(26-18(13)14)21(5-6-21)10-25-20(17)27/h2,4,7-9,26H,1,3,5-6,10H2,(H,25,27). The normalized spacial score (nSPS) is 18.5. The van der Waals surface area contributed by atoms with Gasteiger partial charge in [0.25, 0.3) is 5.91 Å². The van der Waals surface area contributed by atoms with Crippen molar-refractivity contribution < 1.29 is 9.18 Å². The highest BCUT2D eigenvalue weighted by atomic mass is 19.1. The average Bonchev–Trinajstić information content (AvgIpc) is 3.35. The van der Waals surface area contributed by atoms with Gasteiger partial charge in [0.05, 0.1) is 17.0 Å². The van der Waals surface area contributed by atoms with E-state index >= 15 is 0 Å². The molecule has 1 fully saturated rings. The van der Waals surface area contributed by atoms with Crippen molar-refractivity contribution in [2.24, 2.45) is 0 Å². The first kappa shape index (κ1) is 15.1. The summed E-state index contributed by atoms with van der Waals surface area (Å²) >= 11 is 0. The number of rotatable bonds is 1. The second-order valence-electron chi connectivity index (χ2n) is 7.79. The Morgan fingerprint density at radius 1 is 1.11 bits per heavy atom. The van der Waals surface area contributed by atoms with Gasteiger partial charge in [-0.1, -0.05) is 0 Å². The number of hydrogen-bond donors (Lipinski definition) is 2. The van der Waals surface area contributed by atoms with Crippen LogP contribution in [0.1, 0.15) is 40.0 Å². The van der Waals surface area contributed by atoms with E-state index in [0.29, 0.717) is 0 Å². The zero-order valence-corrected chi connectivity index (χ0v) is 14.6. The summed E-state index contributed by atoms with van der Waals surface area (Å²) in [6, 6.07) is 5.06. The van der Waals surface area contributed by atoms with Crippen LogP contribution in [-0.4, -0.2) is 27.4 Å². The van der Waals surface area contributed by atoms with Crippen LogP contribution in [-0.2, 0) is 18.3 Å². The lowest BCUT2D eigenvalue weighted by atomic mass is 9.86. The molecule has 1 spiro atoms. The summed E-state index contributed by atoms with van der Waals surface area (Å²) in [5.41, 5.74) is 8.04. The topological polar surface area (TPSA) is 70.7 Å². The molecule has 0 atom stereocenters. The minimum Gasteiger partial charge on any atom is -0.357 e. The van der Waals surface area contributed by atoms with E-state index in [1.807, 2.05) is 12.3 Å². The third-order valence-corrected chi connectivity index (χ3v) is 6.23. The van der Waals surface area contributed by atoms with Gasteiger partial charge in [-0.2, -0.15) is 4.39 Å². The fourth-order valence-electron chi connectivity index (χ4n) is 4.53. The van der Waals surface area contributed by atoms with Crippen LogP contribution in [0.25, 0.3) is 22.5 Å². The number of carbonyl (C=O) groups excluding carboxylic acids is 1. The lowest BCUT2D eigenvalue weighted by Crippen LogP contribution is -2.39. The number of aromatic nitrogens is 3. The molecule has 0 saturated heterocycles. The van der Waals surface area contributed by atoms with Gasteiger partial charge in [0, 0.05) is 41.2 Å². The summed E-state index contributed by atoms with van der Waals surface area (Å²) < 4.78 is 13.1. The summed E-state index contributed by atoms with van der Waals surface area (Å²) in [5, 5.41) is 3.08. The molecular weight excluding hydrogens is 343 g/mol. The number of nitrogens with one attached hydrogen (secondary N) is 2. The van der Waals surface area contributed by atoms with Crippen LogP contribution in [0.2, 0.25) is 0 Å². The van der Waals surface area contributed by atoms with Gasteiger partial charge in [0.15, 0.2) is 0 Å². The van der Waals surface area contributed by atoms with Crippen molar-refractivity contribution in [1.29, 1.82) is 0 Å². The molecule has 1 amide bonds. The van der Waals surface area contributed by atoms with E-state index < -0.39 is 5.95 Å². The molecule has 2 N–H and O–H groups in total. The molecule has 1 saturated carbocycles. The maximum Gasteiger partial charge on any atom is 0.253 e. The van der Waals surface area contributed by atoms with E-state index in [1.165, 1.54) is 17.8 Å². The Morgan fingerprint density at radius 3 is 2.78 bits per heavy atom. The SMILES string of the molecule is O=C1NCC2(CC2)c2[nH]c3c(c21)CCc1cnc(-c2ccc(F)nc2)cc1-3. The number of pyridine rings is 2. The van der Waals surface area contributed by atoms with E-state index in [-0.39, 0.29) is 11.3 Å². The number of nitrogens with zero attached hydrogens (tertiary/aromatic N) is 2. The largest absolute Gasteiger partial charge is 0.357 e. The number of aryl methyl sites for hydroxylation is 1. The number of halogens is 1. The molecule has 3 aliphatic rings. The third-order valence-electron chi connectivity index (χ3n) is 6.23. The predicted molar refractivity (Wildman–Crippen MR) is 97.9 cm³/mol. The minimum absolute atomic E-state index is 0.0421. The summed E-state index contributed by atoms with van der Waals surface area (Å²) in [7, 11) is 0. The second-order valence-corrected chi connectivity index (χ2v) is 7.79. The summed E-state index contributed by atoms with van der Waals surface area (Å²) in [6.45, 7) is 0.730. The third kappa shape index (κ3) is 2.07. The Hall–Kier alpha value is -3.02. The first-order valence-electron chi connectivity index (χ1n) is 9.29. The zero-order chi connectivity index (χ0) is 18.2. The van der Waals surface area contributed by atoms with Gasteiger partial charge in [-0.05, 0) is 55.0 Å². The quantitative estimate of drug-likeness (QED) is 0.655. The molecule has 0 unspecified atom stereocenters. The van der Waals surface area contributed by atoms with Crippen LogP contribution >= 0.6 is 0 Å². The molecule has 4 heterocycles. The van der Waals surface area contributed by atoms with Gasteiger partial charge in [-0.15, -0.1) is 0 Å². The van der Waals surface area contributed by atoms with Crippen molar-refractivity contribution in [3.8, 4) is 22.5 Å². The van der Waals surface area contributed by atoms with E-state index in [1.54, 1.807) is 6.07 Å². The van der Waals surface area contributed by atoms with Crippen LogP contribution in [0.15, 0.2) is 30.6 Å². The fraction of sp³-hybridized carbons (Fsp3) is 0.286. The van der Waals surface area contributed by atoms with Crippen molar-refractivity contribution in [3.05, 3.63) is 58.9 Å². The Kier molecular flexibility index (Phi) is 2.81. The van der Waals surface area contributed by atoms with Crippen LogP contribution in [0.4, 0.5) is 4.39 Å². The lowest BCUT2D eigenvalue weighted by molar-refractivity contribution is 0.0936. The molecule has 1 aliphatic heterocycles. The molecule has 134 valence electrons. The number of amides is 1. The molecule has 5 nitrogen and oxygen atoms in total. The summed E-state index contributed by atoms with van der Waals surface area (Å²) in [6.07, 6.45) is 7.34. The molecule has 27 heavy (non-hydrogen) atoms. The summed E-state index contributed by atoms with van der Waals surface area (Å²) in [5.74, 6) is -0.461. The molecular formula is C21H17FN4O. The van der Waals surface area contributed by atoms with Gasteiger partial charge in [-0.25, -0.2) is 4.98 Å². The van der Waals surface area contributed by atoms with Gasteiger partial charge in [0.1, 0.15) is 0 Å². The van der Waals surface area contributed by atoms with E-state index in [4.69, 9.17) is 0 Å². The maximum absolute atomic E-state index is 13.1. The Labute approximate surface area is 155 Å². The first-order chi connectivity index (χ1) is 13.1. The summed E-state index contributed by atoms with van der Waals surface area (Å²) in [4.78, 5) is 24.5. The molecule has 3 aromatic rings. The zero-order valence-electron chi connectivity index (χ0n) is 14.6. The van der Waals surface area contributed by atoms with Crippen molar-refractivity contribution in [2.45, 2.75) is 31.1 Å². The second kappa shape index (κ2) is 5.03. The van der Waals surface area contributed by atoms with Crippen molar-refractivity contribution in [3.63, 3.8) is 0 Å². The highest BCUT2D eigenvalue weighted by Crippen LogP contribution is 2.52. The average molecular weight is 360 g/mol. The Bertz CT molecular complexity index is 1110. The fourth-order valence-corrected chi connectivity index (χ4v) is 4.53. The molecule has 2 aliphatic carbocycles. The van der Waals surface area contributed by atoms with Crippen molar-refractivity contribution in [2.75, 3.05) is 6.54 Å². The highest BCUT2D eigenvalue weighted by molar-refractivity contribution is 6.01. The molecule has 6 heteroatoms. The number of H-pyrrole nitrogens is 1. The monoisotopic (exact) mass is 360 g/mol. The van der Waals surface area contributed by atoms with E-state index in [9.17, 15) is 9.18 Å². The van der Waals surface area contributed by atoms with Crippen molar-refractivity contribution >= 4 is 5.91 Å². The van der Waals surface area contributed by atoms with Crippen LogP contribution in [0.3, 0.4) is 0 Å². The highest BCUT2D eigenvalue weighted by Gasteiger charge is 2.51. The molecule has 0 aromatic carbocycles. The molecule has 6 rings (SSSR count). The maximum atomic E-state index is 13.1.